The van der Waals surface area contributed by atoms with Gasteiger partial charge in [-0.1, -0.05) is 42.1 Å². The molecule has 144 valence electrons. The highest BCUT2D eigenvalue weighted by molar-refractivity contribution is 7.99. The van der Waals surface area contributed by atoms with E-state index in [4.69, 9.17) is 5.73 Å². The molecule has 0 aliphatic heterocycles. The van der Waals surface area contributed by atoms with Crippen LogP contribution in [0.5, 0.6) is 0 Å². The van der Waals surface area contributed by atoms with E-state index in [9.17, 15) is 9.59 Å². The summed E-state index contributed by atoms with van der Waals surface area (Å²) in [5.74, 6) is 0.227. The van der Waals surface area contributed by atoms with Gasteiger partial charge < -0.3 is 15.6 Å². The van der Waals surface area contributed by atoms with Crippen LogP contribution in [-0.2, 0) is 11.3 Å². The molecule has 28 heavy (non-hydrogen) atoms. The largest absolute Gasteiger partial charge is 0.366 e. The third-order valence-corrected chi connectivity index (χ3v) is 5.15. The van der Waals surface area contributed by atoms with Gasteiger partial charge in [-0.3, -0.25) is 9.59 Å². The second kappa shape index (κ2) is 8.71. The predicted octanol–water partition coefficient (Wildman–Crippen LogP) is 3.10. The molecule has 1 heterocycles. The van der Waals surface area contributed by atoms with Crippen molar-refractivity contribution >= 4 is 29.3 Å². The van der Waals surface area contributed by atoms with Gasteiger partial charge in [-0.15, -0.1) is 10.2 Å². The summed E-state index contributed by atoms with van der Waals surface area (Å²) in [5, 5.41) is 12.0. The molecule has 0 atom stereocenters. The molecule has 0 fully saturated rings. The van der Waals surface area contributed by atoms with Crippen LogP contribution >= 0.6 is 11.8 Å². The summed E-state index contributed by atoms with van der Waals surface area (Å²) in [6, 6.07) is 14.5. The van der Waals surface area contributed by atoms with Crippen LogP contribution in [0.4, 0.5) is 5.69 Å². The Balaban J connectivity index is 1.69. The minimum Gasteiger partial charge on any atom is -0.366 e. The second-order valence-corrected chi connectivity index (χ2v) is 7.09. The highest BCUT2D eigenvalue weighted by Gasteiger charge is 2.16. The fraction of sp³-hybridized carbons (Fsp3) is 0.200. The van der Waals surface area contributed by atoms with E-state index < -0.39 is 5.91 Å². The second-order valence-electron chi connectivity index (χ2n) is 6.15. The average molecular weight is 395 g/mol. The van der Waals surface area contributed by atoms with E-state index in [-0.39, 0.29) is 11.7 Å². The number of carbonyl (C=O) groups excluding carboxylic acids is 2. The predicted molar refractivity (Wildman–Crippen MR) is 110 cm³/mol. The number of nitrogens with two attached hydrogens (primary N) is 1. The topological polar surface area (TPSA) is 103 Å². The summed E-state index contributed by atoms with van der Waals surface area (Å²) in [6.45, 7) is 4.75. The van der Waals surface area contributed by atoms with Crippen molar-refractivity contribution in [3.05, 3.63) is 59.7 Å². The molecule has 3 aromatic rings. The van der Waals surface area contributed by atoms with Gasteiger partial charge in [0.25, 0.3) is 0 Å². The molecular weight excluding hydrogens is 374 g/mol. The number of hydrogen-bond acceptors (Lipinski definition) is 5. The van der Waals surface area contributed by atoms with Gasteiger partial charge in [0, 0.05) is 23.4 Å². The zero-order valence-corrected chi connectivity index (χ0v) is 16.5. The molecule has 0 spiro atoms. The Bertz CT molecular complexity index is 1020. The fourth-order valence-electron chi connectivity index (χ4n) is 2.78. The summed E-state index contributed by atoms with van der Waals surface area (Å²) >= 11 is 1.32. The highest BCUT2D eigenvalue weighted by Crippen LogP contribution is 2.26. The molecule has 0 saturated heterocycles. The monoisotopic (exact) mass is 395 g/mol. The zero-order valence-electron chi connectivity index (χ0n) is 15.7. The Kier molecular flexibility index (Phi) is 6.10. The number of nitrogens with zero attached hydrogens (tertiary/aromatic N) is 3. The van der Waals surface area contributed by atoms with Gasteiger partial charge in [-0.05, 0) is 37.6 Å². The molecule has 0 unspecified atom stereocenters. The zero-order chi connectivity index (χ0) is 20.1. The number of rotatable bonds is 7. The van der Waals surface area contributed by atoms with Crippen molar-refractivity contribution in [2.45, 2.75) is 25.5 Å². The Morgan fingerprint density at radius 3 is 2.64 bits per heavy atom. The van der Waals surface area contributed by atoms with Gasteiger partial charge in [-0.25, -0.2) is 0 Å². The first-order valence-corrected chi connectivity index (χ1v) is 9.80. The molecule has 3 rings (SSSR count). The molecular formula is C20H21N5O2S. The number of thioether (sulfide) groups is 1. The molecule has 0 bridgehead atoms. The summed E-state index contributed by atoms with van der Waals surface area (Å²) in [7, 11) is 0. The minimum absolute atomic E-state index is 0.173. The molecule has 2 amide bonds. The highest BCUT2D eigenvalue weighted by atomic mass is 32.2. The van der Waals surface area contributed by atoms with E-state index >= 15 is 0 Å². The van der Waals surface area contributed by atoms with Gasteiger partial charge in [0.15, 0.2) is 11.0 Å². The number of anilines is 1. The van der Waals surface area contributed by atoms with Gasteiger partial charge in [-0.2, -0.15) is 0 Å². The van der Waals surface area contributed by atoms with Gasteiger partial charge in [0.1, 0.15) is 0 Å². The van der Waals surface area contributed by atoms with Crippen molar-refractivity contribution < 1.29 is 9.59 Å². The third kappa shape index (κ3) is 4.40. The number of amides is 2. The van der Waals surface area contributed by atoms with Gasteiger partial charge >= 0.3 is 0 Å². The molecule has 8 heteroatoms. The molecule has 0 radical (unpaired) electrons. The summed E-state index contributed by atoms with van der Waals surface area (Å²) in [6.07, 6.45) is 0. The SMILES string of the molecule is CCn1c(SCC(=O)Nc2cccc(C(N)=O)c2)nnc1-c1ccccc1C. The molecule has 0 saturated carbocycles. The lowest BCUT2D eigenvalue weighted by Gasteiger charge is -2.09. The van der Waals surface area contributed by atoms with E-state index in [0.29, 0.717) is 23.0 Å². The lowest BCUT2D eigenvalue weighted by Crippen LogP contribution is -2.16. The summed E-state index contributed by atoms with van der Waals surface area (Å²) in [4.78, 5) is 23.5. The molecule has 7 nitrogen and oxygen atoms in total. The minimum atomic E-state index is -0.537. The van der Waals surface area contributed by atoms with E-state index in [1.54, 1.807) is 24.3 Å². The van der Waals surface area contributed by atoms with Crippen LogP contribution in [0.25, 0.3) is 11.4 Å². The van der Waals surface area contributed by atoms with Crippen LogP contribution in [0.2, 0.25) is 0 Å². The molecule has 2 aromatic carbocycles. The smallest absolute Gasteiger partial charge is 0.248 e. The van der Waals surface area contributed by atoms with Crippen LogP contribution in [-0.4, -0.2) is 32.3 Å². The summed E-state index contributed by atoms with van der Waals surface area (Å²) in [5.41, 5.74) is 8.28. The maximum atomic E-state index is 12.3. The van der Waals surface area contributed by atoms with Gasteiger partial charge in [0.2, 0.25) is 11.8 Å². The van der Waals surface area contributed by atoms with E-state index in [1.165, 1.54) is 11.8 Å². The first kappa shape index (κ1) is 19.6. The lowest BCUT2D eigenvalue weighted by atomic mass is 10.1. The molecule has 0 aliphatic rings. The third-order valence-electron chi connectivity index (χ3n) is 4.18. The fourth-order valence-corrected chi connectivity index (χ4v) is 3.58. The van der Waals surface area contributed by atoms with Crippen molar-refractivity contribution in [3.63, 3.8) is 0 Å². The summed E-state index contributed by atoms with van der Waals surface area (Å²) < 4.78 is 1.99. The van der Waals surface area contributed by atoms with Crippen molar-refractivity contribution in [1.29, 1.82) is 0 Å². The Morgan fingerprint density at radius 1 is 1.14 bits per heavy atom. The number of carbonyl (C=O) groups is 2. The van der Waals surface area contributed by atoms with Crippen molar-refractivity contribution in [2.24, 2.45) is 5.73 Å². The maximum absolute atomic E-state index is 12.3. The normalized spacial score (nSPS) is 10.6. The van der Waals surface area contributed by atoms with Gasteiger partial charge in [0.05, 0.1) is 5.75 Å². The molecule has 1 aromatic heterocycles. The standard InChI is InChI=1S/C20H21N5O2S/c1-3-25-19(16-10-5-4-7-13(16)2)23-24-20(25)28-12-17(26)22-15-9-6-8-14(11-15)18(21)27/h4-11H,3,12H2,1-2H3,(H2,21,27)(H,22,26). The first-order valence-electron chi connectivity index (χ1n) is 8.81. The van der Waals surface area contributed by atoms with E-state index in [2.05, 4.69) is 15.5 Å². The average Bonchev–Trinajstić information content (AvgIpc) is 3.09. The Morgan fingerprint density at radius 2 is 1.93 bits per heavy atom. The number of primary amides is 1. The molecule has 3 N–H and O–H groups in total. The number of aromatic nitrogens is 3. The van der Waals surface area contributed by atoms with Crippen LogP contribution in [0, 0.1) is 6.92 Å². The number of aryl methyl sites for hydroxylation is 1. The van der Waals surface area contributed by atoms with Crippen molar-refractivity contribution in [1.82, 2.24) is 14.8 Å². The Hall–Kier alpha value is -3.13. The number of nitrogens with one attached hydrogen (secondary N) is 1. The van der Waals surface area contributed by atoms with E-state index in [0.717, 1.165) is 17.0 Å². The van der Waals surface area contributed by atoms with Crippen molar-refractivity contribution in [2.75, 3.05) is 11.1 Å². The number of hydrogen-bond donors (Lipinski definition) is 2. The van der Waals surface area contributed by atoms with Crippen LogP contribution in [0.15, 0.2) is 53.7 Å². The lowest BCUT2D eigenvalue weighted by molar-refractivity contribution is -0.113. The molecule has 0 aliphatic carbocycles. The number of benzene rings is 2. The van der Waals surface area contributed by atoms with Crippen LogP contribution in [0.1, 0.15) is 22.8 Å². The van der Waals surface area contributed by atoms with Crippen LogP contribution in [0.3, 0.4) is 0 Å². The quantitative estimate of drug-likeness (QED) is 0.599. The first-order chi connectivity index (χ1) is 13.5. The Labute approximate surface area is 167 Å². The van der Waals surface area contributed by atoms with E-state index in [1.807, 2.05) is 42.7 Å². The van der Waals surface area contributed by atoms with Crippen LogP contribution < -0.4 is 11.1 Å². The van der Waals surface area contributed by atoms with Crippen molar-refractivity contribution in [3.8, 4) is 11.4 Å². The maximum Gasteiger partial charge on any atom is 0.248 e.